The Hall–Kier alpha value is -1.28. The highest BCUT2D eigenvalue weighted by molar-refractivity contribution is 9.10. The van der Waals surface area contributed by atoms with Gasteiger partial charge in [0.05, 0.1) is 5.56 Å². The van der Waals surface area contributed by atoms with Crippen LogP contribution in [0.25, 0.3) is 0 Å². The highest BCUT2D eigenvalue weighted by Gasteiger charge is 2.28. The molecule has 0 aliphatic carbocycles. The van der Waals surface area contributed by atoms with Gasteiger partial charge in [0.2, 0.25) is 0 Å². The fourth-order valence-electron chi connectivity index (χ4n) is 2.94. The Labute approximate surface area is 171 Å². The van der Waals surface area contributed by atoms with E-state index >= 15 is 0 Å². The number of rotatable bonds is 3. The molecule has 1 aromatic carbocycles. The lowest BCUT2D eigenvalue weighted by Crippen LogP contribution is -2.50. The van der Waals surface area contributed by atoms with Crippen molar-refractivity contribution in [2.24, 2.45) is 0 Å². The average Bonchev–Trinajstić information content (AvgIpc) is 2.58. The molecule has 1 saturated heterocycles. The third-order valence-electron chi connectivity index (χ3n) is 4.14. The van der Waals surface area contributed by atoms with Crippen LogP contribution in [0.1, 0.15) is 28.3 Å². The largest absolute Gasteiger partial charge is 0.347 e. The standard InChI is InChI=1S/C17H16BrF2N3O.2ClH/c18-12-5-11(7-22-8-12)17(24)23-16-9-21-4-3-13(16)10-1-2-14(19)15(20)6-10;;/h1-2,5-8,13,16,21H,3-4,9H2,(H,23,24);2*1H. The normalized spacial score (nSPS) is 19.0. The summed E-state index contributed by atoms with van der Waals surface area (Å²) in [5, 5.41) is 6.19. The molecule has 2 heterocycles. The minimum absolute atomic E-state index is 0. The van der Waals surface area contributed by atoms with Crippen LogP contribution >= 0.6 is 40.7 Å². The summed E-state index contributed by atoms with van der Waals surface area (Å²) in [4.78, 5) is 16.4. The van der Waals surface area contributed by atoms with E-state index in [1.54, 1.807) is 18.3 Å². The average molecular weight is 469 g/mol. The number of pyridine rings is 1. The lowest BCUT2D eigenvalue weighted by atomic mass is 9.86. The number of hydrogen-bond acceptors (Lipinski definition) is 3. The smallest absolute Gasteiger partial charge is 0.253 e. The quantitative estimate of drug-likeness (QED) is 0.719. The minimum Gasteiger partial charge on any atom is -0.347 e. The summed E-state index contributed by atoms with van der Waals surface area (Å²) in [6.45, 7) is 1.32. The summed E-state index contributed by atoms with van der Waals surface area (Å²) in [7, 11) is 0. The molecule has 0 saturated carbocycles. The van der Waals surface area contributed by atoms with Crippen LogP contribution in [-0.2, 0) is 0 Å². The first-order valence-corrected chi connectivity index (χ1v) is 8.41. The molecule has 2 atom stereocenters. The molecular formula is C17H18BrCl2F2N3O. The van der Waals surface area contributed by atoms with E-state index in [-0.39, 0.29) is 42.7 Å². The van der Waals surface area contributed by atoms with Gasteiger partial charge in [0.25, 0.3) is 5.91 Å². The van der Waals surface area contributed by atoms with E-state index in [1.165, 1.54) is 12.3 Å². The molecule has 1 aliphatic heterocycles. The van der Waals surface area contributed by atoms with Gasteiger partial charge in [0.1, 0.15) is 0 Å². The Morgan fingerprint density at radius 1 is 1.19 bits per heavy atom. The predicted molar refractivity (Wildman–Crippen MR) is 104 cm³/mol. The molecule has 1 aromatic heterocycles. The molecule has 0 bridgehead atoms. The lowest BCUT2D eigenvalue weighted by molar-refractivity contribution is 0.0924. The maximum atomic E-state index is 13.5. The van der Waals surface area contributed by atoms with E-state index in [0.717, 1.165) is 19.0 Å². The summed E-state index contributed by atoms with van der Waals surface area (Å²) < 4.78 is 27.4. The van der Waals surface area contributed by atoms with E-state index < -0.39 is 11.6 Å². The number of nitrogens with one attached hydrogen (secondary N) is 2. The van der Waals surface area contributed by atoms with Crippen molar-refractivity contribution in [3.05, 3.63) is 63.9 Å². The molecule has 1 fully saturated rings. The Morgan fingerprint density at radius 2 is 1.96 bits per heavy atom. The molecule has 2 aromatic rings. The highest BCUT2D eigenvalue weighted by Crippen LogP contribution is 2.27. The Morgan fingerprint density at radius 3 is 2.65 bits per heavy atom. The van der Waals surface area contributed by atoms with Crippen molar-refractivity contribution in [2.75, 3.05) is 13.1 Å². The van der Waals surface area contributed by atoms with Crippen LogP contribution in [0.4, 0.5) is 8.78 Å². The summed E-state index contributed by atoms with van der Waals surface area (Å²) in [6, 6.07) is 5.39. The molecular weight excluding hydrogens is 451 g/mol. The van der Waals surface area contributed by atoms with E-state index in [1.807, 2.05) is 0 Å². The highest BCUT2D eigenvalue weighted by atomic mass is 79.9. The van der Waals surface area contributed by atoms with Gasteiger partial charge in [-0.3, -0.25) is 9.78 Å². The number of aromatic nitrogens is 1. The maximum Gasteiger partial charge on any atom is 0.253 e. The number of hydrogen-bond donors (Lipinski definition) is 2. The molecule has 1 aliphatic rings. The maximum absolute atomic E-state index is 13.5. The van der Waals surface area contributed by atoms with Crippen molar-refractivity contribution in [2.45, 2.75) is 18.4 Å². The van der Waals surface area contributed by atoms with Crippen LogP contribution in [-0.4, -0.2) is 30.0 Å². The van der Waals surface area contributed by atoms with Crippen LogP contribution in [0.15, 0.2) is 41.1 Å². The second-order valence-electron chi connectivity index (χ2n) is 5.74. The second-order valence-corrected chi connectivity index (χ2v) is 6.66. The van der Waals surface area contributed by atoms with Crippen LogP contribution in [0.5, 0.6) is 0 Å². The van der Waals surface area contributed by atoms with E-state index in [9.17, 15) is 13.6 Å². The third-order valence-corrected chi connectivity index (χ3v) is 4.57. The summed E-state index contributed by atoms with van der Waals surface area (Å²) in [5.41, 5.74) is 1.13. The molecule has 9 heteroatoms. The molecule has 26 heavy (non-hydrogen) atoms. The zero-order valence-electron chi connectivity index (χ0n) is 13.5. The summed E-state index contributed by atoms with van der Waals surface area (Å²) in [5.74, 6) is -2.06. The van der Waals surface area contributed by atoms with E-state index in [4.69, 9.17) is 0 Å². The molecule has 0 spiro atoms. The first-order chi connectivity index (χ1) is 11.5. The zero-order chi connectivity index (χ0) is 17.1. The van der Waals surface area contributed by atoms with Gasteiger partial charge in [-0.25, -0.2) is 8.78 Å². The Kier molecular flexibility index (Phi) is 8.89. The van der Waals surface area contributed by atoms with Crippen molar-refractivity contribution in [1.82, 2.24) is 15.6 Å². The van der Waals surface area contributed by atoms with Gasteiger partial charge in [0.15, 0.2) is 11.6 Å². The van der Waals surface area contributed by atoms with Crippen LogP contribution in [0.2, 0.25) is 0 Å². The minimum atomic E-state index is -0.868. The molecule has 142 valence electrons. The molecule has 3 rings (SSSR count). The van der Waals surface area contributed by atoms with Crippen LogP contribution in [0.3, 0.4) is 0 Å². The topological polar surface area (TPSA) is 54.0 Å². The summed E-state index contributed by atoms with van der Waals surface area (Å²) >= 11 is 3.29. The fraction of sp³-hybridized carbons (Fsp3) is 0.294. The zero-order valence-corrected chi connectivity index (χ0v) is 16.8. The monoisotopic (exact) mass is 467 g/mol. The van der Waals surface area contributed by atoms with E-state index in [0.29, 0.717) is 22.1 Å². The first kappa shape index (κ1) is 22.8. The van der Waals surface area contributed by atoms with Gasteiger partial charge in [-0.1, -0.05) is 6.07 Å². The molecule has 0 radical (unpaired) electrons. The lowest BCUT2D eigenvalue weighted by Gasteiger charge is -2.33. The molecule has 1 amide bonds. The number of carbonyl (C=O) groups is 1. The van der Waals surface area contributed by atoms with Crippen LogP contribution < -0.4 is 10.6 Å². The van der Waals surface area contributed by atoms with Crippen molar-refractivity contribution in [3.63, 3.8) is 0 Å². The second kappa shape index (κ2) is 10.2. The van der Waals surface area contributed by atoms with Crippen molar-refractivity contribution in [3.8, 4) is 0 Å². The Bertz CT molecular complexity index is 767. The molecule has 4 nitrogen and oxygen atoms in total. The predicted octanol–water partition coefficient (Wildman–Crippen LogP) is 3.84. The number of carbonyl (C=O) groups excluding carboxylic acids is 1. The first-order valence-electron chi connectivity index (χ1n) is 7.61. The Balaban J connectivity index is 0.00000169. The number of halogens is 5. The van der Waals surface area contributed by atoms with Gasteiger partial charge in [0, 0.05) is 35.4 Å². The van der Waals surface area contributed by atoms with Gasteiger partial charge >= 0.3 is 0 Å². The molecule has 2 N–H and O–H groups in total. The van der Waals surface area contributed by atoms with Gasteiger partial charge in [-0.15, -0.1) is 24.8 Å². The third kappa shape index (κ3) is 5.36. The number of benzene rings is 1. The van der Waals surface area contributed by atoms with Crippen molar-refractivity contribution >= 4 is 46.7 Å². The van der Waals surface area contributed by atoms with Gasteiger partial charge < -0.3 is 10.6 Å². The number of piperidine rings is 1. The van der Waals surface area contributed by atoms with Gasteiger partial charge in [-0.2, -0.15) is 0 Å². The number of nitrogens with zero attached hydrogens (tertiary/aromatic N) is 1. The summed E-state index contributed by atoms with van der Waals surface area (Å²) in [6.07, 6.45) is 3.82. The number of amides is 1. The SMILES string of the molecule is Cl.Cl.O=C(NC1CNCCC1c1ccc(F)c(F)c1)c1cncc(Br)c1. The van der Waals surface area contributed by atoms with Crippen LogP contribution in [0, 0.1) is 11.6 Å². The van der Waals surface area contributed by atoms with E-state index in [2.05, 4.69) is 31.5 Å². The van der Waals surface area contributed by atoms with Gasteiger partial charge in [-0.05, 0) is 52.7 Å². The fourth-order valence-corrected chi connectivity index (χ4v) is 3.30. The van der Waals surface area contributed by atoms with Crippen molar-refractivity contribution < 1.29 is 13.6 Å². The van der Waals surface area contributed by atoms with Crippen molar-refractivity contribution in [1.29, 1.82) is 0 Å². The molecule has 2 unspecified atom stereocenters.